The molecule has 1 aromatic carbocycles. The van der Waals surface area contributed by atoms with Crippen molar-refractivity contribution >= 4 is 56.0 Å². The van der Waals surface area contributed by atoms with Crippen molar-refractivity contribution in [2.24, 2.45) is 0 Å². The first-order chi connectivity index (χ1) is 10.1. The van der Waals surface area contributed by atoms with Crippen LogP contribution in [0.3, 0.4) is 0 Å². The fourth-order valence-corrected chi connectivity index (χ4v) is 4.30. The highest BCUT2D eigenvalue weighted by molar-refractivity contribution is 7.21. The highest BCUT2D eigenvalue weighted by Gasteiger charge is 2.19. The van der Waals surface area contributed by atoms with Crippen molar-refractivity contribution in [3.63, 3.8) is 0 Å². The van der Waals surface area contributed by atoms with Crippen LogP contribution >= 0.6 is 34.3 Å². The zero-order valence-electron chi connectivity index (χ0n) is 11.2. The van der Waals surface area contributed by atoms with E-state index in [-0.39, 0.29) is 11.9 Å². The van der Waals surface area contributed by atoms with Crippen LogP contribution in [0.1, 0.15) is 28.2 Å². The number of benzene rings is 1. The van der Waals surface area contributed by atoms with Gasteiger partial charge >= 0.3 is 0 Å². The Morgan fingerprint density at radius 2 is 2.19 bits per heavy atom. The van der Waals surface area contributed by atoms with Crippen LogP contribution in [-0.4, -0.2) is 5.91 Å². The Morgan fingerprint density at radius 3 is 2.86 bits per heavy atom. The van der Waals surface area contributed by atoms with E-state index in [9.17, 15) is 4.79 Å². The largest absolute Gasteiger partial charge is 0.397 e. The molecule has 0 bridgehead atoms. The normalized spacial score (nSPS) is 12.5. The summed E-state index contributed by atoms with van der Waals surface area (Å²) < 4.78 is 0.924. The van der Waals surface area contributed by atoms with Crippen LogP contribution < -0.4 is 11.1 Å². The lowest BCUT2D eigenvalue weighted by Gasteiger charge is -2.12. The van der Waals surface area contributed by atoms with Gasteiger partial charge in [-0.3, -0.25) is 4.79 Å². The highest BCUT2D eigenvalue weighted by atomic mass is 35.5. The predicted octanol–water partition coefficient (Wildman–Crippen LogP) is 4.69. The molecule has 21 heavy (non-hydrogen) atoms. The second-order valence-corrected chi connectivity index (χ2v) is 6.95. The molecule has 0 saturated heterocycles. The third kappa shape index (κ3) is 2.64. The summed E-state index contributed by atoms with van der Waals surface area (Å²) in [5.74, 6) is -0.163. The van der Waals surface area contributed by atoms with Gasteiger partial charge < -0.3 is 11.1 Å². The average molecular weight is 337 g/mol. The minimum absolute atomic E-state index is 0.0520. The quantitative estimate of drug-likeness (QED) is 0.729. The number of thiophene rings is 2. The molecule has 3 aromatic rings. The van der Waals surface area contributed by atoms with E-state index in [1.54, 1.807) is 17.4 Å². The van der Waals surface area contributed by atoms with Crippen molar-refractivity contribution in [2.75, 3.05) is 5.73 Å². The summed E-state index contributed by atoms with van der Waals surface area (Å²) in [4.78, 5) is 12.9. The van der Waals surface area contributed by atoms with Gasteiger partial charge in [-0.05, 0) is 41.4 Å². The number of nitrogen functional groups attached to an aromatic ring is 1. The lowest BCUT2D eigenvalue weighted by Crippen LogP contribution is -2.26. The summed E-state index contributed by atoms with van der Waals surface area (Å²) in [6.45, 7) is 1.95. The SMILES string of the molecule is CC(NC(=O)c1sc2cccc(Cl)c2c1N)c1ccsc1. The molecule has 0 fully saturated rings. The molecule has 1 unspecified atom stereocenters. The molecular formula is C15H13ClN2OS2. The molecule has 2 aromatic heterocycles. The maximum Gasteiger partial charge on any atom is 0.263 e. The summed E-state index contributed by atoms with van der Waals surface area (Å²) in [6, 6.07) is 7.50. The van der Waals surface area contributed by atoms with Gasteiger partial charge in [0.1, 0.15) is 4.88 Å². The Balaban J connectivity index is 1.92. The van der Waals surface area contributed by atoms with Gasteiger partial charge in [0, 0.05) is 10.1 Å². The third-order valence-electron chi connectivity index (χ3n) is 3.30. The first-order valence-electron chi connectivity index (χ1n) is 6.37. The van der Waals surface area contributed by atoms with Crippen molar-refractivity contribution < 1.29 is 4.79 Å². The summed E-state index contributed by atoms with van der Waals surface area (Å²) in [5.41, 5.74) is 7.65. The van der Waals surface area contributed by atoms with Gasteiger partial charge in [0.2, 0.25) is 0 Å². The van der Waals surface area contributed by atoms with Gasteiger partial charge in [0.05, 0.1) is 16.8 Å². The molecule has 0 aliphatic rings. The fraction of sp³-hybridized carbons (Fsp3) is 0.133. The topological polar surface area (TPSA) is 55.1 Å². The van der Waals surface area contributed by atoms with E-state index in [2.05, 4.69) is 5.32 Å². The van der Waals surface area contributed by atoms with Crippen molar-refractivity contribution in [3.8, 4) is 0 Å². The van der Waals surface area contributed by atoms with Crippen LogP contribution in [0.4, 0.5) is 5.69 Å². The number of rotatable bonds is 3. The third-order valence-corrected chi connectivity index (χ3v) is 5.48. The maximum atomic E-state index is 12.4. The number of carbonyl (C=O) groups excluding carboxylic acids is 1. The van der Waals surface area contributed by atoms with Gasteiger partial charge in [0.25, 0.3) is 5.91 Å². The van der Waals surface area contributed by atoms with E-state index in [1.165, 1.54) is 11.3 Å². The Hall–Kier alpha value is -1.56. The molecule has 6 heteroatoms. The van der Waals surface area contributed by atoms with E-state index in [0.717, 1.165) is 15.6 Å². The maximum absolute atomic E-state index is 12.4. The average Bonchev–Trinajstić information content (AvgIpc) is 3.07. The highest BCUT2D eigenvalue weighted by Crippen LogP contribution is 2.38. The second-order valence-electron chi connectivity index (χ2n) is 4.71. The summed E-state index contributed by atoms with van der Waals surface area (Å²) in [7, 11) is 0. The minimum Gasteiger partial charge on any atom is -0.397 e. The standard InChI is InChI=1S/C15H13ClN2OS2/c1-8(9-5-6-20-7-9)18-15(19)14-13(17)12-10(16)3-2-4-11(12)21-14/h2-8H,17H2,1H3,(H,18,19). The van der Waals surface area contributed by atoms with Crippen LogP contribution in [-0.2, 0) is 0 Å². The van der Waals surface area contributed by atoms with Gasteiger partial charge in [0.15, 0.2) is 0 Å². The lowest BCUT2D eigenvalue weighted by atomic mass is 10.1. The van der Waals surface area contributed by atoms with Crippen LogP contribution in [0.5, 0.6) is 0 Å². The van der Waals surface area contributed by atoms with Crippen LogP contribution in [0, 0.1) is 0 Å². The fourth-order valence-electron chi connectivity index (χ4n) is 2.16. The van der Waals surface area contributed by atoms with E-state index in [1.807, 2.05) is 35.9 Å². The number of amides is 1. The number of halogens is 1. The van der Waals surface area contributed by atoms with Crippen LogP contribution in [0.25, 0.3) is 10.1 Å². The summed E-state index contributed by atoms with van der Waals surface area (Å²) in [6.07, 6.45) is 0. The van der Waals surface area contributed by atoms with Crippen molar-refractivity contribution in [3.05, 3.63) is 50.5 Å². The molecule has 0 radical (unpaired) electrons. The molecule has 1 atom stereocenters. The van der Waals surface area contributed by atoms with Gasteiger partial charge in [-0.1, -0.05) is 17.7 Å². The van der Waals surface area contributed by atoms with E-state index in [4.69, 9.17) is 17.3 Å². The first-order valence-corrected chi connectivity index (χ1v) is 8.51. The molecule has 0 aliphatic heterocycles. The number of nitrogens with one attached hydrogen (secondary N) is 1. The van der Waals surface area contributed by atoms with E-state index < -0.39 is 0 Å². The molecule has 0 spiro atoms. The molecule has 1 amide bonds. The number of hydrogen-bond acceptors (Lipinski definition) is 4. The monoisotopic (exact) mass is 336 g/mol. The Kier molecular flexibility index (Phi) is 3.89. The van der Waals surface area contributed by atoms with E-state index >= 15 is 0 Å². The van der Waals surface area contributed by atoms with Crippen LogP contribution in [0.2, 0.25) is 5.02 Å². The number of hydrogen-bond donors (Lipinski definition) is 2. The molecule has 3 rings (SSSR count). The summed E-state index contributed by atoms with van der Waals surface area (Å²) in [5, 5.41) is 8.33. The molecule has 108 valence electrons. The smallest absolute Gasteiger partial charge is 0.263 e. The van der Waals surface area contributed by atoms with Crippen LogP contribution in [0.15, 0.2) is 35.0 Å². The van der Waals surface area contributed by atoms with Crippen molar-refractivity contribution in [2.45, 2.75) is 13.0 Å². The van der Waals surface area contributed by atoms with E-state index in [0.29, 0.717) is 15.6 Å². The zero-order valence-corrected chi connectivity index (χ0v) is 13.6. The number of nitrogens with two attached hydrogens (primary N) is 1. The number of anilines is 1. The number of carbonyl (C=O) groups is 1. The Labute approximate surface area is 135 Å². The van der Waals surface area contributed by atoms with Gasteiger partial charge in [-0.2, -0.15) is 11.3 Å². The molecular weight excluding hydrogens is 324 g/mol. The predicted molar refractivity (Wildman–Crippen MR) is 91.4 cm³/mol. The van der Waals surface area contributed by atoms with Crippen molar-refractivity contribution in [1.82, 2.24) is 5.32 Å². The second kappa shape index (κ2) is 5.67. The van der Waals surface area contributed by atoms with Gasteiger partial charge in [-0.25, -0.2) is 0 Å². The molecule has 0 aliphatic carbocycles. The zero-order chi connectivity index (χ0) is 15.0. The first kappa shape index (κ1) is 14.4. The Bertz CT molecular complexity index is 795. The minimum atomic E-state index is -0.163. The van der Waals surface area contributed by atoms with Gasteiger partial charge in [-0.15, -0.1) is 11.3 Å². The molecule has 3 nitrogen and oxygen atoms in total. The van der Waals surface area contributed by atoms with Crippen molar-refractivity contribution in [1.29, 1.82) is 0 Å². The lowest BCUT2D eigenvalue weighted by molar-refractivity contribution is 0.0945. The molecule has 0 saturated carbocycles. The molecule has 2 heterocycles. The number of fused-ring (bicyclic) bond motifs is 1. The summed E-state index contributed by atoms with van der Waals surface area (Å²) >= 11 is 9.14. The molecule has 3 N–H and O–H groups in total. The Morgan fingerprint density at radius 1 is 1.38 bits per heavy atom.